The molecule has 0 spiro atoms. The van der Waals surface area contributed by atoms with Gasteiger partial charge in [0.25, 0.3) is 0 Å². The van der Waals surface area contributed by atoms with Crippen LogP contribution >= 0.6 is 0 Å². The van der Waals surface area contributed by atoms with Gasteiger partial charge in [0.2, 0.25) is 10.0 Å². The number of carboxylic acids is 1. The molecule has 3 aromatic carbocycles. The van der Waals surface area contributed by atoms with Crippen molar-refractivity contribution in [1.82, 2.24) is 4.72 Å². The Morgan fingerprint density at radius 1 is 0.788 bits per heavy atom. The predicted molar refractivity (Wildman–Crippen MR) is 129 cm³/mol. The molecule has 172 valence electrons. The smallest absolute Gasteiger partial charge is 0.322 e. The second kappa shape index (κ2) is 10.1. The molecule has 0 bridgehead atoms. The van der Waals surface area contributed by atoms with E-state index < -0.39 is 22.0 Å². The van der Waals surface area contributed by atoms with Crippen molar-refractivity contribution in [1.29, 1.82) is 0 Å². The Hall–Kier alpha value is -3.36. The second-order valence-corrected chi connectivity index (χ2v) is 9.72. The summed E-state index contributed by atoms with van der Waals surface area (Å²) in [6.45, 7) is 3.42. The van der Waals surface area contributed by atoms with Crippen LogP contribution in [0.5, 0.6) is 0 Å². The number of carboxylic acid groups (broad SMARTS) is 1. The van der Waals surface area contributed by atoms with Gasteiger partial charge >= 0.3 is 5.97 Å². The van der Waals surface area contributed by atoms with Crippen LogP contribution in [0.1, 0.15) is 5.56 Å². The first-order valence-electron chi connectivity index (χ1n) is 10.9. The zero-order valence-corrected chi connectivity index (χ0v) is 19.0. The Balaban J connectivity index is 1.40. The van der Waals surface area contributed by atoms with Crippen molar-refractivity contribution in [3.05, 3.63) is 90.5 Å². The quantitative estimate of drug-likeness (QED) is 0.532. The molecule has 8 heteroatoms. The largest absolute Gasteiger partial charge is 0.480 e. The minimum atomic E-state index is -3.97. The van der Waals surface area contributed by atoms with Crippen LogP contribution < -0.4 is 14.5 Å². The zero-order chi connectivity index (χ0) is 23.3. The van der Waals surface area contributed by atoms with Crippen LogP contribution in [0.4, 0.5) is 11.4 Å². The lowest BCUT2D eigenvalue weighted by molar-refractivity contribution is -0.138. The van der Waals surface area contributed by atoms with Gasteiger partial charge in [-0.3, -0.25) is 4.79 Å². The molecular weight excluding hydrogens is 438 g/mol. The van der Waals surface area contributed by atoms with Gasteiger partial charge < -0.3 is 14.9 Å². The number of hydrogen-bond acceptors (Lipinski definition) is 5. The molecule has 1 aliphatic heterocycles. The van der Waals surface area contributed by atoms with E-state index >= 15 is 0 Å². The van der Waals surface area contributed by atoms with Crippen molar-refractivity contribution in [3.63, 3.8) is 0 Å². The Kier molecular flexibility index (Phi) is 6.96. The van der Waals surface area contributed by atoms with Crippen LogP contribution in [0, 0.1) is 0 Å². The van der Waals surface area contributed by atoms with Crippen LogP contribution in [0.3, 0.4) is 0 Å². The number of nitrogens with zero attached hydrogens (tertiary/aromatic N) is 2. The molecule has 0 saturated carbocycles. The molecule has 0 radical (unpaired) electrons. The number of rotatable bonds is 8. The number of hydrogen-bond donors (Lipinski definition) is 2. The van der Waals surface area contributed by atoms with Crippen molar-refractivity contribution >= 4 is 27.4 Å². The lowest BCUT2D eigenvalue weighted by atomic mass is 10.1. The molecule has 0 amide bonds. The van der Waals surface area contributed by atoms with E-state index in [2.05, 4.69) is 26.7 Å². The summed E-state index contributed by atoms with van der Waals surface area (Å²) in [5.74, 6) is -1.21. The number of nitrogens with one attached hydrogen (secondary N) is 1. The summed E-state index contributed by atoms with van der Waals surface area (Å²) in [6, 6.07) is 24.6. The van der Waals surface area contributed by atoms with E-state index in [-0.39, 0.29) is 11.3 Å². The first kappa shape index (κ1) is 22.8. The Bertz CT molecular complexity index is 1160. The normalized spacial score (nSPS) is 15.3. The molecule has 4 rings (SSSR count). The van der Waals surface area contributed by atoms with E-state index in [1.807, 2.05) is 24.3 Å². The number of para-hydroxylation sites is 1. The van der Waals surface area contributed by atoms with Gasteiger partial charge in [0, 0.05) is 37.6 Å². The van der Waals surface area contributed by atoms with E-state index in [1.165, 1.54) is 17.8 Å². The number of aliphatic carboxylic acids is 1. The zero-order valence-electron chi connectivity index (χ0n) is 18.2. The fourth-order valence-corrected chi connectivity index (χ4v) is 5.17. The Morgan fingerprint density at radius 3 is 1.79 bits per heavy atom. The molecule has 1 heterocycles. The summed E-state index contributed by atoms with van der Waals surface area (Å²) in [5, 5.41) is 9.53. The standard InChI is InChI=1S/C25H27N3O4S/c29-25(30)24(19-20-7-3-1-4-8-20)26-33(31,32)23-13-11-22(12-14-23)28-17-15-27(16-18-28)21-9-5-2-6-10-21/h1-14,24,26H,15-19H2,(H,29,30). The lowest BCUT2D eigenvalue weighted by Crippen LogP contribution is -2.46. The van der Waals surface area contributed by atoms with Gasteiger partial charge in [-0.2, -0.15) is 4.72 Å². The average molecular weight is 466 g/mol. The molecule has 33 heavy (non-hydrogen) atoms. The highest BCUT2D eigenvalue weighted by Crippen LogP contribution is 2.22. The molecule has 1 atom stereocenters. The van der Waals surface area contributed by atoms with Gasteiger partial charge in [-0.1, -0.05) is 48.5 Å². The second-order valence-electron chi connectivity index (χ2n) is 8.01. The number of piperazine rings is 1. The van der Waals surface area contributed by atoms with E-state index in [0.29, 0.717) is 0 Å². The van der Waals surface area contributed by atoms with Gasteiger partial charge in [-0.05, 0) is 48.4 Å². The van der Waals surface area contributed by atoms with Crippen molar-refractivity contribution in [3.8, 4) is 0 Å². The van der Waals surface area contributed by atoms with Crippen molar-refractivity contribution in [2.75, 3.05) is 36.0 Å². The molecule has 7 nitrogen and oxygen atoms in total. The maximum Gasteiger partial charge on any atom is 0.322 e. The molecule has 1 unspecified atom stereocenters. The summed E-state index contributed by atoms with van der Waals surface area (Å²) in [5.41, 5.74) is 2.89. The molecule has 1 saturated heterocycles. The summed E-state index contributed by atoms with van der Waals surface area (Å²) < 4.78 is 28.0. The van der Waals surface area contributed by atoms with E-state index in [0.717, 1.165) is 37.4 Å². The van der Waals surface area contributed by atoms with Crippen LogP contribution in [0.15, 0.2) is 89.8 Å². The maximum atomic E-state index is 12.8. The highest BCUT2D eigenvalue weighted by atomic mass is 32.2. The SMILES string of the molecule is O=C(O)C(Cc1ccccc1)NS(=O)(=O)c1ccc(N2CCN(c3ccccc3)CC2)cc1. The Labute approximate surface area is 194 Å². The molecule has 0 aliphatic carbocycles. The number of carbonyl (C=O) groups is 1. The molecular formula is C25H27N3O4S. The average Bonchev–Trinajstić information content (AvgIpc) is 2.85. The Morgan fingerprint density at radius 2 is 1.27 bits per heavy atom. The molecule has 3 aromatic rings. The van der Waals surface area contributed by atoms with Gasteiger partial charge in [0.05, 0.1) is 4.90 Å². The fraction of sp³-hybridized carbons (Fsp3) is 0.240. The van der Waals surface area contributed by atoms with E-state index in [1.54, 1.807) is 36.4 Å². The number of sulfonamides is 1. The van der Waals surface area contributed by atoms with Crippen LogP contribution in [0.2, 0.25) is 0 Å². The fourth-order valence-electron chi connectivity index (χ4n) is 3.98. The van der Waals surface area contributed by atoms with Crippen molar-refractivity contribution < 1.29 is 18.3 Å². The minimum absolute atomic E-state index is 0.0495. The van der Waals surface area contributed by atoms with Crippen LogP contribution in [-0.4, -0.2) is 51.7 Å². The van der Waals surface area contributed by atoms with Crippen molar-refractivity contribution in [2.24, 2.45) is 0 Å². The summed E-state index contributed by atoms with van der Waals surface area (Å²) >= 11 is 0. The topological polar surface area (TPSA) is 89.9 Å². The predicted octanol–water partition coefficient (Wildman–Crippen LogP) is 2.99. The third-order valence-electron chi connectivity index (χ3n) is 5.79. The van der Waals surface area contributed by atoms with Gasteiger partial charge in [0.15, 0.2) is 0 Å². The molecule has 0 aromatic heterocycles. The van der Waals surface area contributed by atoms with Gasteiger partial charge in [-0.15, -0.1) is 0 Å². The molecule has 1 aliphatic rings. The maximum absolute atomic E-state index is 12.8. The van der Waals surface area contributed by atoms with Gasteiger partial charge in [-0.25, -0.2) is 8.42 Å². The molecule has 2 N–H and O–H groups in total. The van der Waals surface area contributed by atoms with E-state index in [4.69, 9.17) is 0 Å². The summed E-state index contributed by atoms with van der Waals surface area (Å²) in [6.07, 6.45) is 0.0686. The van der Waals surface area contributed by atoms with Crippen molar-refractivity contribution in [2.45, 2.75) is 17.4 Å². The first-order chi connectivity index (χ1) is 15.9. The summed E-state index contributed by atoms with van der Waals surface area (Å²) in [7, 11) is -3.97. The summed E-state index contributed by atoms with van der Waals surface area (Å²) in [4.78, 5) is 16.3. The minimum Gasteiger partial charge on any atom is -0.480 e. The third kappa shape index (κ3) is 5.71. The number of anilines is 2. The number of benzene rings is 3. The highest BCUT2D eigenvalue weighted by molar-refractivity contribution is 7.89. The lowest BCUT2D eigenvalue weighted by Gasteiger charge is -2.37. The highest BCUT2D eigenvalue weighted by Gasteiger charge is 2.26. The third-order valence-corrected chi connectivity index (χ3v) is 7.28. The van der Waals surface area contributed by atoms with Crippen LogP contribution in [-0.2, 0) is 21.2 Å². The van der Waals surface area contributed by atoms with E-state index in [9.17, 15) is 18.3 Å². The monoisotopic (exact) mass is 465 g/mol. The van der Waals surface area contributed by atoms with Crippen LogP contribution in [0.25, 0.3) is 0 Å². The first-order valence-corrected chi connectivity index (χ1v) is 12.3. The molecule has 1 fully saturated rings. The van der Waals surface area contributed by atoms with Gasteiger partial charge in [0.1, 0.15) is 6.04 Å².